The summed E-state index contributed by atoms with van der Waals surface area (Å²) in [5.41, 5.74) is 2.35. The van der Waals surface area contributed by atoms with Crippen LogP contribution < -0.4 is 0 Å². The van der Waals surface area contributed by atoms with E-state index in [1.54, 1.807) is 0 Å². The Kier molecular flexibility index (Phi) is 7.35. The summed E-state index contributed by atoms with van der Waals surface area (Å²) in [7, 11) is 0. The van der Waals surface area contributed by atoms with E-state index in [0.717, 1.165) is 31.3 Å². The number of rotatable bonds is 5. The smallest absolute Gasteiger partial charge is 0.331 e. The summed E-state index contributed by atoms with van der Waals surface area (Å²) in [6.07, 6.45) is 7.12. The van der Waals surface area contributed by atoms with Crippen molar-refractivity contribution in [3.8, 4) is 0 Å². The van der Waals surface area contributed by atoms with Gasteiger partial charge in [-0.1, -0.05) is 51.0 Å². The van der Waals surface area contributed by atoms with Crippen LogP contribution in [-0.2, 0) is 14.3 Å². The average Bonchev–Trinajstić information content (AvgIpc) is 3.08. The maximum absolute atomic E-state index is 12.6. The van der Waals surface area contributed by atoms with Crippen LogP contribution >= 0.6 is 0 Å². The number of aliphatic carboxylic acids is 1. The lowest BCUT2D eigenvalue weighted by atomic mass is 9.40. The molecule has 0 bridgehead atoms. The van der Waals surface area contributed by atoms with E-state index in [1.807, 2.05) is 26.0 Å². The number of carboxylic acid groups (broad SMARTS) is 1. The minimum Gasteiger partial charge on any atom is -0.478 e. The van der Waals surface area contributed by atoms with E-state index in [-0.39, 0.29) is 28.4 Å². The Labute approximate surface area is 221 Å². The number of aliphatic hydroxyl groups excluding tert-OH is 2. The molecule has 6 nitrogen and oxygen atoms in total. The Hall–Kier alpha value is -1.92. The number of carbonyl (C=O) groups excluding carboxylic acids is 1. The molecule has 9 atom stereocenters. The molecule has 0 saturated heterocycles. The lowest BCUT2D eigenvalue weighted by Gasteiger charge is -2.64. The highest BCUT2D eigenvalue weighted by Gasteiger charge is 2.68. The molecule has 4 aliphatic carbocycles. The Balaban J connectivity index is 1.87. The van der Waals surface area contributed by atoms with Gasteiger partial charge < -0.3 is 20.1 Å². The van der Waals surface area contributed by atoms with E-state index < -0.39 is 35.5 Å². The molecule has 3 fully saturated rings. The molecular weight excluding hydrogens is 468 g/mol. The molecule has 0 aromatic rings. The Morgan fingerprint density at radius 1 is 1.11 bits per heavy atom. The van der Waals surface area contributed by atoms with Crippen LogP contribution in [0.15, 0.2) is 34.4 Å². The molecule has 0 aliphatic heterocycles. The molecule has 4 rings (SSSR count). The molecule has 37 heavy (non-hydrogen) atoms. The second kappa shape index (κ2) is 9.68. The Bertz CT molecular complexity index is 1050. The molecule has 6 heteroatoms. The fourth-order valence-corrected chi connectivity index (χ4v) is 8.97. The number of allylic oxidation sites excluding steroid dienone is 3. The topological polar surface area (TPSA) is 104 Å². The van der Waals surface area contributed by atoms with Crippen molar-refractivity contribution in [3.05, 3.63) is 34.4 Å². The molecule has 1 unspecified atom stereocenters. The van der Waals surface area contributed by atoms with Crippen LogP contribution in [0.25, 0.3) is 0 Å². The van der Waals surface area contributed by atoms with E-state index in [2.05, 4.69) is 27.7 Å². The van der Waals surface area contributed by atoms with Crippen molar-refractivity contribution < 1.29 is 29.6 Å². The largest absolute Gasteiger partial charge is 0.478 e. The van der Waals surface area contributed by atoms with E-state index in [9.17, 15) is 24.9 Å². The van der Waals surface area contributed by atoms with Gasteiger partial charge in [-0.25, -0.2) is 4.79 Å². The van der Waals surface area contributed by atoms with Gasteiger partial charge in [0.05, 0.1) is 12.2 Å². The summed E-state index contributed by atoms with van der Waals surface area (Å²) < 4.78 is 5.83. The van der Waals surface area contributed by atoms with Gasteiger partial charge in [-0.15, -0.1) is 0 Å². The quantitative estimate of drug-likeness (QED) is 0.251. The van der Waals surface area contributed by atoms with Crippen LogP contribution in [0, 0.1) is 34.0 Å². The molecule has 0 amide bonds. The van der Waals surface area contributed by atoms with E-state index in [0.29, 0.717) is 30.8 Å². The van der Waals surface area contributed by atoms with Crippen molar-refractivity contribution in [2.24, 2.45) is 34.0 Å². The molecule has 0 heterocycles. The standard InChI is InChI=1S/C31H46O6/c1-17(2)9-8-10-20(28(35)36)26-24(37-19(4)32)16-31(7)27(26)23(34)15-25-29(5)13-12-22(33)18(3)21(29)11-14-30(25,31)6/h9,15,18,21-24,27,33-34H,8,10-14,16H2,1-7H3,(H,35,36)/b26-20+/t18-,21-,22+,23?,24+,27-,29+,30-,31+/m1/s1. The summed E-state index contributed by atoms with van der Waals surface area (Å²) in [6.45, 7) is 14.3. The monoisotopic (exact) mass is 514 g/mol. The van der Waals surface area contributed by atoms with Gasteiger partial charge in [0.2, 0.25) is 0 Å². The van der Waals surface area contributed by atoms with Gasteiger partial charge >= 0.3 is 11.9 Å². The van der Waals surface area contributed by atoms with Crippen molar-refractivity contribution in [2.75, 3.05) is 0 Å². The van der Waals surface area contributed by atoms with Crippen LogP contribution in [0.3, 0.4) is 0 Å². The van der Waals surface area contributed by atoms with Crippen molar-refractivity contribution >= 4 is 11.9 Å². The zero-order valence-electron chi connectivity index (χ0n) is 23.6. The maximum atomic E-state index is 12.6. The number of carbonyl (C=O) groups is 2. The summed E-state index contributed by atoms with van der Waals surface area (Å²) >= 11 is 0. The van der Waals surface area contributed by atoms with Gasteiger partial charge in [0, 0.05) is 18.4 Å². The normalized spacial score (nSPS) is 44.1. The van der Waals surface area contributed by atoms with Gasteiger partial charge in [0.1, 0.15) is 6.10 Å². The van der Waals surface area contributed by atoms with Crippen molar-refractivity contribution in [1.29, 1.82) is 0 Å². The minimum atomic E-state index is -1.00. The first-order chi connectivity index (χ1) is 17.2. The van der Waals surface area contributed by atoms with E-state index in [4.69, 9.17) is 4.74 Å². The predicted octanol–water partition coefficient (Wildman–Crippen LogP) is 5.59. The molecule has 0 spiro atoms. The van der Waals surface area contributed by atoms with Gasteiger partial charge in [0.15, 0.2) is 0 Å². The van der Waals surface area contributed by atoms with E-state index >= 15 is 0 Å². The fourth-order valence-electron chi connectivity index (χ4n) is 8.97. The Morgan fingerprint density at radius 2 is 1.78 bits per heavy atom. The summed E-state index contributed by atoms with van der Waals surface area (Å²) in [4.78, 5) is 24.8. The predicted molar refractivity (Wildman–Crippen MR) is 143 cm³/mol. The van der Waals surface area contributed by atoms with Crippen molar-refractivity contribution in [1.82, 2.24) is 0 Å². The van der Waals surface area contributed by atoms with Gasteiger partial charge in [0.25, 0.3) is 0 Å². The highest BCUT2D eigenvalue weighted by Crippen LogP contribution is 2.72. The second-order valence-corrected chi connectivity index (χ2v) is 13.2. The maximum Gasteiger partial charge on any atom is 0.331 e. The third kappa shape index (κ3) is 4.32. The van der Waals surface area contributed by atoms with Crippen molar-refractivity contribution in [3.63, 3.8) is 0 Å². The number of hydrogen-bond donors (Lipinski definition) is 3. The van der Waals surface area contributed by atoms with Gasteiger partial charge in [-0.3, -0.25) is 4.79 Å². The Morgan fingerprint density at radius 3 is 2.38 bits per heavy atom. The molecule has 0 aromatic carbocycles. The van der Waals surface area contributed by atoms with Crippen LogP contribution in [-0.4, -0.2) is 45.6 Å². The molecule has 0 aromatic heterocycles. The minimum absolute atomic E-state index is 0.136. The average molecular weight is 515 g/mol. The highest BCUT2D eigenvalue weighted by molar-refractivity contribution is 5.88. The van der Waals surface area contributed by atoms with Gasteiger partial charge in [-0.2, -0.15) is 0 Å². The zero-order valence-corrected chi connectivity index (χ0v) is 23.6. The third-order valence-corrected chi connectivity index (χ3v) is 11.0. The zero-order chi connectivity index (χ0) is 27.5. The summed E-state index contributed by atoms with van der Waals surface area (Å²) in [5.74, 6) is -1.35. The summed E-state index contributed by atoms with van der Waals surface area (Å²) in [6, 6.07) is 0. The SMILES string of the molecule is CC(=O)O[C@H]1C[C@@]2(C)[C@@H](/C1=C(\CCC=C(C)C)C(=O)O)C(O)C=C1[C@@]3(C)CC[C@H](O)[C@H](C)[C@H]3CC[C@]12C. The number of ether oxygens (including phenoxy) is 1. The van der Waals surface area contributed by atoms with Crippen molar-refractivity contribution in [2.45, 2.75) is 112 Å². The number of fused-ring (bicyclic) bond motifs is 5. The molecule has 3 N–H and O–H groups in total. The lowest BCUT2D eigenvalue weighted by Crippen LogP contribution is -2.58. The number of carboxylic acids is 1. The van der Waals surface area contributed by atoms with Crippen LogP contribution in [0.5, 0.6) is 0 Å². The highest BCUT2D eigenvalue weighted by atomic mass is 16.5. The molecule has 4 aliphatic rings. The van der Waals surface area contributed by atoms with Gasteiger partial charge in [-0.05, 0) is 92.4 Å². The molecule has 0 radical (unpaired) electrons. The second-order valence-electron chi connectivity index (χ2n) is 13.2. The third-order valence-electron chi connectivity index (χ3n) is 11.0. The fraction of sp³-hybridized carbons (Fsp3) is 0.742. The summed E-state index contributed by atoms with van der Waals surface area (Å²) in [5, 5.41) is 32.7. The first-order valence-electron chi connectivity index (χ1n) is 14.0. The molecule has 206 valence electrons. The molecular formula is C31H46O6. The van der Waals surface area contributed by atoms with E-state index in [1.165, 1.54) is 12.5 Å². The lowest BCUT2D eigenvalue weighted by molar-refractivity contribution is -0.146. The van der Waals surface area contributed by atoms with Crippen LogP contribution in [0.2, 0.25) is 0 Å². The first-order valence-corrected chi connectivity index (χ1v) is 14.0. The number of aliphatic hydroxyl groups is 2. The van der Waals surface area contributed by atoms with Crippen LogP contribution in [0.4, 0.5) is 0 Å². The molecule has 3 saturated carbocycles. The number of esters is 1. The first kappa shape index (κ1) is 28.1. The van der Waals surface area contributed by atoms with Crippen LogP contribution in [0.1, 0.15) is 93.4 Å². The number of hydrogen-bond acceptors (Lipinski definition) is 5.